The molecule has 0 heterocycles. The van der Waals surface area contributed by atoms with Crippen LogP contribution >= 0.6 is 0 Å². The van der Waals surface area contributed by atoms with Gasteiger partial charge in [0.05, 0.1) is 25.9 Å². The Morgan fingerprint density at radius 3 is 2.63 bits per heavy atom. The summed E-state index contributed by atoms with van der Waals surface area (Å²) in [5, 5.41) is 13.8. The number of halogens is 2. The Balaban J connectivity index is 1.63. The number of hydrogen-bond acceptors (Lipinski definition) is 5. The Morgan fingerprint density at radius 2 is 1.97 bits per heavy atom. The van der Waals surface area contributed by atoms with Gasteiger partial charge < -0.3 is 25.6 Å². The van der Waals surface area contributed by atoms with Gasteiger partial charge in [0.25, 0.3) is 0 Å². The van der Waals surface area contributed by atoms with Crippen molar-refractivity contribution in [3.8, 4) is 5.75 Å². The Kier molecular flexibility index (Phi) is 7.55. The highest BCUT2D eigenvalue weighted by molar-refractivity contribution is 5.42. The first-order valence-electron chi connectivity index (χ1n) is 9.93. The van der Waals surface area contributed by atoms with E-state index in [2.05, 4.69) is 11.9 Å². The predicted octanol–water partition coefficient (Wildman–Crippen LogP) is 3.18. The normalized spacial score (nSPS) is 19.9. The van der Waals surface area contributed by atoms with E-state index in [0.29, 0.717) is 18.6 Å². The van der Waals surface area contributed by atoms with Crippen LogP contribution in [-0.2, 0) is 11.2 Å². The zero-order chi connectivity index (χ0) is 21.7. The number of ether oxygens (including phenoxy) is 2. The number of rotatable bonds is 10. The maximum Gasteiger partial charge on any atom is 0.126 e. The number of nitrogens with two attached hydrogens (primary N) is 1. The van der Waals surface area contributed by atoms with Crippen LogP contribution in [0.15, 0.2) is 49.1 Å². The monoisotopic (exact) mass is 418 g/mol. The minimum Gasteiger partial charge on any atom is -0.497 e. The van der Waals surface area contributed by atoms with E-state index in [0.717, 1.165) is 22.9 Å². The zero-order valence-electron chi connectivity index (χ0n) is 17.0. The first-order valence-corrected chi connectivity index (χ1v) is 9.93. The summed E-state index contributed by atoms with van der Waals surface area (Å²) in [6.45, 7) is 4.37. The molecule has 0 amide bonds. The molecule has 1 unspecified atom stereocenters. The lowest BCUT2D eigenvalue weighted by Gasteiger charge is -2.22. The van der Waals surface area contributed by atoms with Crippen LogP contribution in [0.3, 0.4) is 0 Å². The third-order valence-corrected chi connectivity index (χ3v) is 5.34. The van der Waals surface area contributed by atoms with Gasteiger partial charge in [-0.25, -0.2) is 8.78 Å². The van der Waals surface area contributed by atoms with Gasteiger partial charge in [-0.3, -0.25) is 0 Å². The maximum atomic E-state index is 13.4. The first-order chi connectivity index (χ1) is 14.4. The second-order valence-corrected chi connectivity index (χ2v) is 7.52. The lowest BCUT2D eigenvalue weighted by Crippen LogP contribution is -2.43. The molecule has 1 aliphatic rings. The second kappa shape index (κ2) is 10.1. The minimum absolute atomic E-state index is 0.0432. The SMILES string of the molecule is C=CCO[C@@H]1C[C@H](NCC(O)[C@@H](N)Cc2cc(F)cc(F)c2)c2cc(OC)ccc21. The molecule has 30 heavy (non-hydrogen) atoms. The van der Waals surface area contributed by atoms with E-state index in [1.54, 1.807) is 13.2 Å². The van der Waals surface area contributed by atoms with E-state index in [4.69, 9.17) is 15.2 Å². The van der Waals surface area contributed by atoms with E-state index in [1.165, 1.54) is 12.1 Å². The Morgan fingerprint density at radius 1 is 1.23 bits per heavy atom. The molecule has 1 aliphatic carbocycles. The molecule has 0 aromatic heterocycles. The van der Waals surface area contributed by atoms with Crippen molar-refractivity contribution in [1.29, 1.82) is 0 Å². The lowest BCUT2D eigenvalue weighted by atomic mass is 10.0. The van der Waals surface area contributed by atoms with Crippen molar-refractivity contribution in [2.24, 2.45) is 5.73 Å². The van der Waals surface area contributed by atoms with Gasteiger partial charge in [-0.05, 0) is 53.8 Å². The highest BCUT2D eigenvalue weighted by Crippen LogP contribution is 2.42. The highest BCUT2D eigenvalue weighted by atomic mass is 19.1. The summed E-state index contributed by atoms with van der Waals surface area (Å²) in [7, 11) is 1.61. The number of aliphatic hydroxyl groups is 1. The largest absolute Gasteiger partial charge is 0.497 e. The molecular formula is C23H28F2N2O3. The molecular weight excluding hydrogens is 390 g/mol. The van der Waals surface area contributed by atoms with Crippen LogP contribution in [-0.4, -0.2) is 37.5 Å². The van der Waals surface area contributed by atoms with Crippen LogP contribution < -0.4 is 15.8 Å². The molecule has 0 fully saturated rings. The smallest absolute Gasteiger partial charge is 0.126 e. The summed E-state index contributed by atoms with van der Waals surface area (Å²) in [6.07, 6.45) is 1.61. The first kappa shape index (κ1) is 22.4. The predicted molar refractivity (Wildman–Crippen MR) is 111 cm³/mol. The molecule has 2 aromatic rings. The van der Waals surface area contributed by atoms with Gasteiger partial charge in [0.2, 0.25) is 0 Å². The summed E-state index contributed by atoms with van der Waals surface area (Å²) in [5.74, 6) is -0.575. The Hall–Kier alpha value is -2.32. The Bertz CT molecular complexity index is 857. The van der Waals surface area contributed by atoms with Crippen LogP contribution in [0.5, 0.6) is 5.75 Å². The van der Waals surface area contributed by atoms with Gasteiger partial charge in [-0.15, -0.1) is 6.58 Å². The third kappa shape index (κ3) is 5.43. The third-order valence-electron chi connectivity index (χ3n) is 5.34. The van der Waals surface area contributed by atoms with Crippen molar-refractivity contribution in [3.63, 3.8) is 0 Å². The fraction of sp³-hybridized carbons (Fsp3) is 0.391. The molecule has 4 atom stereocenters. The van der Waals surface area contributed by atoms with Gasteiger partial charge in [-0.2, -0.15) is 0 Å². The number of methoxy groups -OCH3 is 1. The topological polar surface area (TPSA) is 76.7 Å². The number of hydrogen-bond donors (Lipinski definition) is 3. The van der Waals surface area contributed by atoms with Crippen LogP contribution in [0.1, 0.15) is 35.3 Å². The van der Waals surface area contributed by atoms with Crippen molar-refractivity contribution in [2.75, 3.05) is 20.3 Å². The van der Waals surface area contributed by atoms with Gasteiger partial charge in [-0.1, -0.05) is 12.1 Å². The summed E-state index contributed by atoms with van der Waals surface area (Å²) in [4.78, 5) is 0. The van der Waals surface area contributed by atoms with Gasteiger partial charge in [0.15, 0.2) is 0 Å². The number of nitrogens with one attached hydrogen (secondary N) is 1. The van der Waals surface area contributed by atoms with Crippen molar-refractivity contribution in [2.45, 2.75) is 37.1 Å². The molecule has 0 saturated heterocycles. The standard InChI is InChI=1S/C23H28F2N2O3/c1-3-6-30-23-12-21(19-11-17(29-2)4-5-18(19)23)27-13-22(28)20(26)9-14-7-15(24)10-16(25)8-14/h3-5,7-8,10-11,20-23,27-28H,1,6,9,12-13,26H2,2H3/t20-,21-,22?,23+/m0/s1. The molecule has 0 aliphatic heterocycles. The molecule has 0 saturated carbocycles. The molecule has 5 nitrogen and oxygen atoms in total. The number of fused-ring (bicyclic) bond motifs is 1. The maximum absolute atomic E-state index is 13.4. The average Bonchev–Trinajstić information content (AvgIpc) is 3.06. The Labute approximate surface area is 175 Å². The van der Waals surface area contributed by atoms with E-state index in [1.807, 2.05) is 18.2 Å². The summed E-state index contributed by atoms with van der Waals surface area (Å²) < 4.78 is 38.0. The van der Waals surface area contributed by atoms with Crippen molar-refractivity contribution >= 4 is 0 Å². The molecule has 3 rings (SSSR count). The molecule has 4 N–H and O–H groups in total. The summed E-state index contributed by atoms with van der Waals surface area (Å²) >= 11 is 0. The average molecular weight is 418 g/mol. The van der Waals surface area contributed by atoms with Crippen LogP contribution in [0.2, 0.25) is 0 Å². The molecule has 2 aromatic carbocycles. The van der Waals surface area contributed by atoms with Gasteiger partial charge in [0, 0.05) is 24.7 Å². The minimum atomic E-state index is -0.890. The lowest BCUT2D eigenvalue weighted by molar-refractivity contribution is 0.0678. The quantitative estimate of drug-likeness (QED) is 0.517. The van der Waals surface area contributed by atoms with E-state index < -0.39 is 23.8 Å². The van der Waals surface area contributed by atoms with Crippen LogP contribution in [0, 0.1) is 11.6 Å². The molecule has 162 valence electrons. The summed E-state index contributed by atoms with van der Waals surface area (Å²) in [5.41, 5.74) is 8.61. The zero-order valence-corrected chi connectivity index (χ0v) is 17.0. The molecule has 0 radical (unpaired) electrons. The fourth-order valence-corrected chi connectivity index (χ4v) is 3.83. The molecule has 7 heteroatoms. The van der Waals surface area contributed by atoms with Crippen LogP contribution in [0.4, 0.5) is 8.78 Å². The number of aliphatic hydroxyl groups excluding tert-OH is 1. The van der Waals surface area contributed by atoms with Crippen LogP contribution in [0.25, 0.3) is 0 Å². The molecule has 0 spiro atoms. The van der Waals surface area contributed by atoms with Crippen molar-refractivity contribution < 1.29 is 23.4 Å². The van der Waals surface area contributed by atoms with Crippen molar-refractivity contribution in [3.05, 3.63) is 77.4 Å². The van der Waals surface area contributed by atoms with E-state index >= 15 is 0 Å². The second-order valence-electron chi connectivity index (χ2n) is 7.52. The fourth-order valence-electron chi connectivity index (χ4n) is 3.83. The van der Waals surface area contributed by atoms with Gasteiger partial charge >= 0.3 is 0 Å². The van der Waals surface area contributed by atoms with Gasteiger partial charge in [0.1, 0.15) is 17.4 Å². The van der Waals surface area contributed by atoms with E-state index in [-0.39, 0.29) is 25.1 Å². The summed E-state index contributed by atoms with van der Waals surface area (Å²) in [6, 6.07) is 8.40. The highest BCUT2D eigenvalue weighted by Gasteiger charge is 2.32. The van der Waals surface area contributed by atoms with E-state index in [9.17, 15) is 13.9 Å². The van der Waals surface area contributed by atoms with Crippen molar-refractivity contribution in [1.82, 2.24) is 5.32 Å². The molecule has 0 bridgehead atoms. The number of benzene rings is 2.